The summed E-state index contributed by atoms with van der Waals surface area (Å²) < 4.78 is 27.1. The molecule has 18 heavy (non-hydrogen) atoms. The van der Waals surface area contributed by atoms with Crippen molar-refractivity contribution in [3.63, 3.8) is 0 Å². The number of anilines is 2. The maximum Gasteiger partial charge on any atom is 0.282 e. The van der Waals surface area contributed by atoms with Gasteiger partial charge in [-0.05, 0) is 40.2 Å². The number of halogens is 1. The number of pyridine rings is 2. The highest BCUT2D eigenvalue weighted by atomic mass is 79.9. The average molecular weight is 329 g/mol. The number of aromatic nitrogens is 2. The fraction of sp³-hybridized carbons (Fsp3) is 0. The molecule has 0 radical (unpaired) electrons. The molecule has 0 amide bonds. The zero-order chi connectivity index (χ0) is 13.2. The normalized spacial score (nSPS) is 11.2. The maximum absolute atomic E-state index is 12.0. The quantitative estimate of drug-likeness (QED) is 0.892. The molecular weight excluding hydrogens is 320 g/mol. The molecule has 8 heteroatoms. The van der Waals surface area contributed by atoms with Gasteiger partial charge >= 0.3 is 0 Å². The van der Waals surface area contributed by atoms with Gasteiger partial charge in [-0.25, -0.2) is 9.97 Å². The summed E-state index contributed by atoms with van der Waals surface area (Å²) in [6.07, 6.45) is 2.85. The molecule has 94 valence electrons. The summed E-state index contributed by atoms with van der Waals surface area (Å²) in [4.78, 5) is 7.66. The molecule has 2 aromatic heterocycles. The van der Waals surface area contributed by atoms with Crippen molar-refractivity contribution in [3.05, 3.63) is 41.1 Å². The average Bonchev–Trinajstić information content (AvgIpc) is 2.32. The Morgan fingerprint density at radius 3 is 2.61 bits per heavy atom. The van der Waals surface area contributed by atoms with E-state index in [4.69, 9.17) is 5.73 Å². The van der Waals surface area contributed by atoms with E-state index in [1.54, 1.807) is 12.1 Å². The Labute approximate surface area is 112 Å². The van der Waals surface area contributed by atoms with E-state index >= 15 is 0 Å². The zero-order valence-corrected chi connectivity index (χ0v) is 11.4. The van der Waals surface area contributed by atoms with Crippen LogP contribution in [-0.4, -0.2) is 18.4 Å². The summed E-state index contributed by atoms with van der Waals surface area (Å²) in [5.41, 5.74) is 5.66. The van der Waals surface area contributed by atoms with E-state index in [2.05, 4.69) is 30.6 Å². The monoisotopic (exact) mass is 328 g/mol. The number of hydrogen-bond acceptors (Lipinski definition) is 5. The van der Waals surface area contributed by atoms with Crippen LogP contribution in [0.1, 0.15) is 0 Å². The van der Waals surface area contributed by atoms with Crippen LogP contribution in [0.5, 0.6) is 0 Å². The fourth-order valence-electron chi connectivity index (χ4n) is 1.25. The van der Waals surface area contributed by atoms with Gasteiger partial charge in [0.25, 0.3) is 10.0 Å². The number of nitrogen functional groups attached to an aromatic ring is 1. The van der Waals surface area contributed by atoms with E-state index in [1.165, 1.54) is 24.5 Å². The van der Waals surface area contributed by atoms with Gasteiger partial charge in [0.15, 0.2) is 5.03 Å². The van der Waals surface area contributed by atoms with Crippen LogP contribution < -0.4 is 10.5 Å². The molecule has 0 spiro atoms. The molecule has 0 atom stereocenters. The molecule has 0 aromatic carbocycles. The maximum atomic E-state index is 12.0. The zero-order valence-electron chi connectivity index (χ0n) is 9.04. The number of nitrogens with one attached hydrogen (secondary N) is 1. The molecule has 0 saturated heterocycles. The van der Waals surface area contributed by atoms with Crippen molar-refractivity contribution in [2.24, 2.45) is 0 Å². The van der Waals surface area contributed by atoms with E-state index in [0.29, 0.717) is 0 Å². The summed E-state index contributed by atoms with van der Waals surface area (Å²) in [6.45, 7) is 0. The highest BCUT2D eigenvalue weighted by Crippen LogP contribution is 2.18. The Morgan fingerprint density at radius 1 is 1.22 bits per heavy atom. The molecule has 3 N–H and O–H groups in total. The van der Waals surface area contributed by atoms with Gasteiger partial charge in [-0.2, -0.15) is 8.42 Å². The van der Waals surface area contributed by atoms with Crippen LogP contribution in [0.25, 0.3) is 0 Å². The molecule has 0 fully saturated rings. The van der Waals surface area contributed by atoms with Crippen LogP contribution in [0, 0.1) is 0 Å². The van der Waals surface area contributed by atoms with E-state index in [9.17, 15) is 8.42 Å². The van der Waals surface area contributed by atoms with Crippen LogP contribution >= 0.6 is 15.9 Å². The second-order valence-electron chi connectivity index (χ2n) is 3.36. The molecule has 0 aliphatic carbocycles. The van der Waals surface area contributed by atoms with Crippen molar-refractivity contribution >= 4 is 37.5 Å². The lowest BCUT2D eigenvalue weighted by atomic mass is 10.4. The van der Waals surface area contributed by atoms with E-state index in [-0.39, 0.29) is 16.5 Å². The minimum Gasteiger partial charge on any atom is -0.396 e. The van der Waals surface area contributed by atoms with Crippen molar-refractivity contribution in [1.29, 1.82) is 0 Å². The first-order valence-corrected chi connectivity index (χ1v) is 7.11. The molecule has 2 aromatic rings. The highest BCUT2D eigenvalue weighted by molar-refractivity contribution is 9.10. The minimum absolute atomic E-state index is 0.0853. The number of rotatable bonds is 3. The number of nitrogens with two attached hydrogens (primary N) is 1. The molecule has 0 unspecified atom stereocenters. The Kier molecular flexibility index (Phi) is 3.48. The van der Waals surface area contributed by atoms with Gasteiger partial charge in [-0.1, -0.05) is 0 Å². The number of hydrogen-bond donors (Lipinski definition) is 2. The second-order valence-corrected chi connectivity index (χ2v) is 5.88. The van der Waals surface area contributed by atoms with Crippen molar-refractivity contribution < 1.29 is 8.42 Å². The Hall–Kier alpha value is -1.67. The Balaban J connectivity index is 2.33. The molecule has 0 bridgehead atoms. The van der Waals surface area contributed by atoms with Crippen LogP contribution in [0.2, 0.25) is 0 Å². The van der Waals surface area contributed by atoms with E-state index in [0.717, 1.165) is 4.47 Å². The first-order valence-electron chi connectivity index (χ1n) is 4.84. The molecule has 2 rings (SSSR count). The predicted octanol–water partition coefficient (Wildman–Crippen LogP) is 1.62. The van der Waals surface area contributed by atoms with Crippen molar-refractivity contribution in [2.45, 2.75) is 5.03 Å². The Morgan fingerprint density at radius 2 is 2.00 bits per heavy atom. The smallest absolute Gasteiger partial charge is 0.282 e. The van der Waals surface area contributed by atoms with E-state index in [1.807, 2.05) is 0 Å². The van der Waals surface area contributed by atoms with Crippen molar-refractivity contribution in [2.75, 3.05) is 10.5 Å². The fourth-order valence-corrected chi connectivity index (χ4v) is 2.56. The second kappa shape index (κ2) is 4.91. The van der Waals surface area contributed by atoms with Gasteiger partial charge in [0.05, 0.1) is 5.69 Å². The van der Waals surface area contributed by atoms with Crippen LogP contribution in [0.4, 0.5) is 11.5 Å². The number of sulfonamides is 1. The lowest BCUT2D eigenvalue weighted by molar-refractivity contribution is 0.598. The summed E-state index contributed by atoms with van der Waals surface area (Å²) in [5.74, 6) is 0.197. The van der Waals surface area contributed by atoms with E-state index < -0.39 is 10.0 Å². The summed E-state index contributed by atoms with van der Waals surface area (Å²) in [5, 5.41) is -0.213. The van der Waals surface area contributed by atoms with Gasteiger partial charge in [0, 0.05) is 16.9 Å². The first kappa shape index (κ1) is 12.8. The minimum atomic E-state index is -3.82. The first-order chi connectivity index (χ1) is 8.49. The highest BCUT2D eigenvalue weighted by Gasteiger charge is 2.19. The molecule has 0 aliphatic heterocycles. The molecule has 0 aliphatic rings. The third-order valence-corrected chi connectivity index (χ3v) is 3.82. The molecular formula is C10H9BrN4O2S. The van der Waals surface area contributed by atoms with Gasteiger partial charge in [-0.3, -0.25) is 4.72 Å². The SMILES string of the molecule is Nc1cccnc1S(=O)(=O)Nc1ccc(Br)cn1. The van der Waals surface area contributed by atoms with Crippen LogP contribution in [0.15, 0.2) is 46.2 Å². The third kappa shape index (κ3) is 2.77. The van der Waals surface area contributed by atoms with Crippen molar-refractivity contribution in [1.82, 2.24) is 9.97 Å². The Bertz CT molecular complexity index is 658. The van der Waals surface area contributed by atoms with Crippen LogP contribution in [0.3, 0.4) is 0 Å². The standard InChI is InChI=1S/C10H9BrN4O2S/c11-7-3-4-9(14-6-7)15-18(16,17)10-8(12)2-1-5-13-10/h1-6H,12H2,(H,14,15). The molecule has 2 heterocycles. The lowest BCUT2D eigenvalue weighted by Gasteiger charge is -2.08. The molecule has 0 saturated carbocycles. The summed E-state index contributed by atoms with van der Waals surface area (Å²) in [7, 11) is -3.82. The van der Waals surface area contributed by atoms with Crippen LogP contribution in [-0.2, 0) is 10.0 Å². The van der Waals surface area contributed by atoms with Gasteiger partial charge < -0.3 is 5.73 Å². The third-order valence-electron chi connectivity index (χ3n) is 2.02. The summed E-state index contributed by atoms with van der Waals surface area (Å²) >= 11 is 3.21. The summed E-state index contributed by atoms with van der Waals surface area (Å²) in [6, 6.07) is 6.23. The van der Waals surface area contributed by atoms with Crippen molar-refractivity contribution in [3.8, 4) is 0 Å². The van der Waals surface area contributed by atoms with Gasteiger partial charge in [0.2, 0.25) is 0 Å². The largest absolute Gasteiger partial charge is 0.396 e. The lowest BCUT2D eigenvalue weighted by Crippen LogP contribution is -2.16. The predicted molar refractivity (Wildman–Crippen MR) is 71.4 cm³/mol. The topological polar surface area (TPSA) is 98.0 Å². The molecule has 6 nitrogen and oxygen atoms in total. The van der Waals surface area contributed by atoms with Gasteiger partial charge in [0.1, 0.15) is 5.82 Å². The number of nitrogens with zero attached hydrogens (tertiary/aromatic N) is 2. The van der Waals surface area contributed by atoms with Gasteiger partial charge in [-0.15, -0.1) is 0 Å².